The Balaban J connectivity index is 1.64. The largest absolute Gasteiger partial charge is 0.382 e. The third-order valence-electron chi connectivity index (χ3n) is 3.68. The Morgan fingerprint density at radius 1 is 1.08 bits per heavy atom. The molecule has 0 amide bonds. The molecule has 0 aliphatic rings. The van der Waals surface area contributed by atoms with Crippen LogP contribution in [0.3, 0.4) is 0 Å². The average molecular weight is 414 g/mol. The second-order valence-corrected chi connectivity index (χ2v) is 6.74. The molecule has 1 N–H and O–H groups in total. The van der Waals surface area contributed by atoms with Gasteiger partial charge in [-0.05, 0) is 31.0 Å². The van der Waals surface area contributed by atoms with Gasteiger partial charge in [-0.3, -0.25) is 4.79 Å². The van der Waals surface area contributed by atoms with Crippen molar-refractivity contribution in [3.63, 3.8) is 0 Å². The lowest BCUT2D eigenvalue weighted by Gasteiger charge is -2.11. The Labute approximate surface area is 164 Å². The second kappa shape index (κ2) is 8.53. The molecule has 136 valence electrons. The van der Waals surface area contributed by atoms with Crippen LogP contribution in [0.4, 0.5) is 5.69 Å². The second-order valence-electron chi connectivity index (χ2n) is 5.52. The van der Waals surface area contributed by atoms with E-state index in [0.29, 0.717) is 28.0 Å². The Morgan fingerprint density at radius 3 is 2.58 bits per heavy atom. The fraction of sp³-hybridized carbons (Fsp3) is 0.250. The van der Waals surface area contributed by atoms with Gasteiger partial charge < -0.3 is 9.88 Å². The molecule has 2 heterocycles. The quantitative estimate of drug-likeness (QED) is 0.598. The van der Waals surface area contributed by atoms with Crippen molar-refractivity contribution >= 4 is 40.5 Å². The van der Waals surface area contributed by atoms with Crippen molar-refractivity contribution in [2.45, 2.75) is 19.4 Å². The van der Waals surface area contributed by atoms with Gasteiger partial charge in [0.25, 0.3) is 5.56 Å². The number of nitrogens with zero attached hydrogens (tertiary/aromatic N) is 5. The average Bonchev–Trinajstić information content (AvgIpc) is 3.12. The van der Waals surface area contributed by atoms with Gasteiger partial charge in [0.1, 0.15) is 17.7 Å². The number of benzene rings is 1. The summed E-state index contributed by atoms with van der Waals surface area (Å²) in [4.78, 5) is 12.5. The number of hydrogen-bond acceptors (Lipinski definition) is 5. The molecule has 3 rings (SSSR count). The maximum Gasteiger partial charge on any atom is 0.292 e. The zero-order chi connectivity index (χ0) is 18.5. The predicted molar refractivity (Wildman–Crippen MR) is 103 cm³/mol. The van der Waals surface area contributed by atoms with Gasteiger partial charge >= 0.3 is 0 Å². The van der Waals surface area contributed by atoms with E-state index in [2.05, 4.69) is 20.6 Å². The lowest BCUT2D eigenvalue weighted by molar-refractivity contribution is 0.619. The molecule has 0 saturated heterocycles. The van der Waals surface area contributed by atoms with Crippen LogP contribution in [-0.4, -0.2) is 31.1 Å². The summed E-state index contributed by atoms with van der Waals surface area (Å²) in [5.41, 5.74) is 0.455. The molecule has 2 aromatic heterocycles. The minimum atomic E-state index is -0.453. The molecule has 0 spiro atoms. The van der Waals surface area contributed by atoms with Crippen LogP contribution in [0.1, 0.15) is 12.8 Å². The van der Waals surface area contributed by atoms with E-state index in [9.17, 15) is 4.79 Å². The summed E-state index contributed by atoms with van der Waals surface area (Å²) in [6.45, 7) is 1.49. The van der Waals surface area contributed by atoms with Crippen molar-refractivity contribution in [3.8, 4) is 5.69 Å². The van der Waals surface area contributed by atoms with Crippen molar-refractivity contribution in [1.29, 1.82) is 0 Å². The van der Waals surface area contributed by atoms with Gasteiger partial charge in [-0.15, -0.1) is 10.2 Å². The van der Waals surface area contributed by atoms with Gasteiger partial charge in [-0.25, -0.2) is 0 Å². The van der Waals surface area contributed by atoms with Crippen molar-refractivity contribution in [2.24, 2.45) is 0 Å². The third-order valence-corrected chi connectivity index (χ3v) is 4.59. The Kier molecular flexibility index (Phi) is 6.13. The first-order chi connectivity index (χ1) is 12.6. The maximum atomic E-state index is 12.5. The zero-order valence-corrected chi connectivity index (χ0v) is 15.8. The Morgan fingerprint density at radius 2 is 1.85 bits per heavy atom. The van der Waals surface area contributed by atoms with E-state index in [1.807, 2.05) is 4.57 Å². The molecule has 0 bridgehead atoms. The van der Waals surface area contributed by atoms with E-state index in [0.717, 1.165) is 24.1 Å². The van der Waals surface area contributed by atoms with E-state index >= 15 is 0 Å². The summed E-state index contributed by atoms with van der Waals surface area (Å²) >= 11 is 18.2. The molecule has 1 aromatic carbocycles. The minimum absolute atomic E-state index is 0.0600. The molecule has 10 heteroatoms. The summed E-state index contributed by atoms with van der Waals surface area (Å²) in [6, 6.07) is 4.79. The van der Waals surface area contributed by atoms with Crippen LogP contribution in [-0.2, 0) is 6.54 Å². The molecule has 0 unspecified atom stereocenters. The molecule has 0 radical (unpaired) electrons. The SMILES string of the molecule is O=c1c(Cl)c(NCCCCn2cnnc2)cnn1-c1ccc(Cl)cc1Cl. The highest BCUT2D eigenvalue weighted by atomic mass is 35.5. The van der Waals surface area contributed by atoms with E-state index in [1.54, 1.807) is 30.9 Å². The first kappa shape index (κ1) is 18.7. The fourth-order valence-corrected chi connectivity index (χ4v) is 3.04. The van der Waals surface area contributed by atoms with Crippen LogP contribution >= 0.6 is 34.8 Å². The zero-order valence-electron chi connectivity index (χ0n) is 13.6. The highest BCUT2D eigenvalue weighted by molar-refractivity contribution is 6.36. The summed E-state index contributed by atoms with van der Waals surface area (Å²) in [6.07, 6.45) is 6.69. The maximum absolute atomic E-state index is 12.5. The topological polar surface area (TPSA) is 77.6 Å². The number of hydrogen-bond donors (Lipinski definition) is 1. The van der Waals surface area contributed by atoms with Crippen LogP contribution in [0.2, 0.25) is 15.1 Å². The van der Waals surface area contributed by atoms with Crippen LogP contribution in [0, 0.1) is 0 Å². The number of aromatic nitrogens is 5. The number of nitrogens with one attached hydrogen (secondary N) is 1. The molecule has 3 aromatic rings. The monoisotopic (exact) mass is 412 g/mol. The number of anilines is 1. The number of rotatable bonds is 7. The van der Waals surface area contributed by atoms with E-state index in [-0.39, 0.29) is 5.02 Å². The van der Waals surface area contributed by atoms with Crippen LogP contribution in [0.25, 0.3) is 5.69 Å². The fourth-order valence-electron chi connectivity index (χ4n) is 2.36. The van der Waals surface area contributed by atoms with Gasteiger partial charge in [0, 0.05) is 18.1 Å². The summed E-state index contributed by atoms with van der Waals surface area (Å²) < 4.78 is 3.06. The highest BCUT2D eigenvalue weighted by Crippen LogP contribution is 2.24. The van der Waals surface area contributed by atoms with E-state index in [4.69, 9.17) is 34.8 Å². The number of unbranched alkanes of at least 4 members (excludes halogenated alkanes) is 1. The van der Waals surface area contributed by atoms with Crippen LogP contribution < -0.4 is 10.9 Å². The van der Waals surface area contributed by atoms with Gasteiger partial charge in [0.05, 0.1) is 22.6 Å². The van der Waals surface area contributed by atoms with Crippen LogP contribution in [0.5, 0.6) is 0 Å². The predicted octanol–water partition coefficient (Wildman–Crippen LogP) is 3.68. The summed E-state index contributed by atoms with van der Waals surface area (Å²) in [7, 11) is 0. The van der Waals surface area contributed by atoms with Gasteiger partial charge in [-0.1, -0.05) is 34.8 Å². The standard InChI is InChI=1S/C16H15Cl3N6O/c17-11-3-4-14(12(18)7-11)25-16(26)15(19)13(8-23-25)20-5-1-2-6-24-9-21-22-10-24/h3-4,7-10,20H,1-2,5-6H2. The molecular formula is C16H15Cl3N6O. The minimum Gasteiger partial charge on any atom is -0.382 e. The molecule has 0 aliphatic carbocycles. The lowest BCUT2D eigenvalue weighted by Crippen LogP contribution is -2.23. The third kappa shape index (κ3) is 4.35. The highest BCUT2D eigenvalue weighted by Gasteiger charge is 2.13. The molecular weight excluding hydrogens is 399 g/mol. The van der Waals surface area contributed by atoms with Gasteiger partial charge in [0.2, 0.25) is 0 Å². The Bertz CT molecular complexity index is 942. The summed E-state index contributed by atoms with van der Waals surface area (Å²) in [5.74, 6) is 0. The molecule has 26 heavy (non-hydrogen) atoms. The molecule has 7 nitrogen and oxygen atoms in total. The van der Waals surface area contributed by atoms with E-state index < -0.39 is 5.56 Å². The normalized spacial score (nSPS) is 10.9. The van der Waals surface area contributed by atoms with Crippen molar-refractivity contribution in [2.75, 3.05) is 11.9 Å². The van der Waals surface area contributed by atoms with Gasteiger partial charge in [0.15, 0.2) is 0 Å². The number of aryl methyl sites for hydroxylation is 1. The lowest BCUT2D eigenvalue weighted by atomic mass is 10.3. The molecule has 0 aliphatic heterocycles. The first-order valence-corrected chi connectivity index (χ1v) is 8.99. The van der Waals surface area contributed by atoms with Crippen molar-refractivity contribution in [1.82, 2.24) is 24.5 Å². The van der Waals surface area contributed by atoms with Crippen LogP contribution in [0.15, 0.2) is 41.8 Å². The first-order valence-electron chi connectivity index (χ1n) is 7.86. The molecule has 0 saturated carbocycles. The van der Waals surface area contributed by atoms with Gasteiger partial charge in [-0.2, -0.15) is 9.78 Å². The smallest absolute Gasteiger partial charge is 0.292 e. The molecule has 0 fully saturated rings. The van der Waals surface area contributed by atoms with E-state index in [1.165, 1.54) is 6.20 Å². The molecule has 0 atom stereocenters. The van der Waals surface area contributed by atoms with Crippen molar-refractivity contribution < 1.29 is 0 Å². The Hall–Kier alpha value is -2.09. The number of halogens is 3. The van der Waals surface area contributed by atoms with Crippen molar-refractivity contribution in [3.05, 3.63) is 62.5 Å². The summed E-state index contributed by atoms with van der Waals surface area (Å²) in [5, 5.41) is 15.6.